The first-order chi connectivity index (χ1) is 14.6. The predicted molar refractivity (Wildman–Crippen MR) is 123 cm³/mol. The van der Waals surface area contributed by atoms with E-state index in [0.29, 0.717) is 23.4 Å². The van der Waals surface area contributed by atoms with Crippen molar-refractivity contribution < 1.29 is 17.6 Å². The standard InChI is InChI=1S/C21H25N3O5S2/c1-13-6-5-7-16(14(13)2)22-20(25)17(10-11-30-4)23-31(27,28)15-8-9-18-19(12-15)29-21(26)24(18)3/h5-9,12,17,23H,10-11H2,1-4H3,(H,22,25)/t17-/m1/s1. The molecular weight excluding hydrogens is 438 g/mol. The second kappa shape index (κ2) is 9.29. The van der Waals surface area contributed by atoms with Gasteiger partial charge in [0.15, 0.2) is 5.58 Å². The molecule has 0 fully saturated rings. The Labute approximate surface area is 185 Å². The normalized spacial score (nSPS) is 12.8. The van der Waals surface area contributed by atoms with Gasteiger partial charge in [-0.1, -0.05) is 12.1 Å². The van der Waals surface area contributed by atoms with Gasteiger partial charge in [-0.25, -0.2) is 13.2 Å². The summed E-state index contributed by atoms with van der Waals surface area (Å²) in [5, 5.41) is 2.84. The van der Waals surface area contributed by atoms with E-state index in [1.54, 1.807) is 6.07 Å². The van der Waals surface area contributed by atoms with Crippen molar-refractivity contribution in [2.75, 3.05) is 17.3 Å². The fourth-order valence-electron chi connectivity index (χ4n) is 3.12. The van der Waals surface area contributed by atoms with Crippen LogP contribution in [0.4, 0.5) is 5.69 Å². The molecule has 0 unspecified atom stereocenters. The molecule has 166 valence electrons. The van der Waals surface area contributed by atoms with E-state index in [1.807, 2.05) is 32.2 Å². The summed E-state index contributed by atoms with van der Waals surface area (Å²) >= 11 is 1.52. The molecule has 3 aromatic rings. The lowest BCUT2D eigenvalue weighted by atomic mass is 10.1. The van der Waals surface area contributed by atoms with Gasteiger partial charge in [0.2, 0.25) is 15.9 Å². The maximum Gasteiger partial charge on any atom is 0.419 e. The average Bonchev–Trinajstić information content (AvgIpc) is 3.01. The summed E-state index contributed by atoms with van der Waals surface area (Å²) in [6, 6.07) is 8.77. The van der Waals surface area contributed by atoms with Crippen molar-refractivity contribution in [1.29, 1.82) is 0 Å². The highest BCUT2D eigenvalue weighted by atomic mass is 32.2. The fraction of sp³-hybridized carbons (Fsp3) is 0.333. The van der Waals surface area contributed by atoms with Gasteiger partial charge in [0.05, 0.1) is 10.4 Å². The van der Waals surface area contributed by atoms with Crippen LogP contribution in [0.3, 0.4) is 0 Å². The summed E-state index contributed by atoms with van der Waals surface area (Å²) < 4.78 is 34.9. The largest absolute Gasteiger partial charge is 0.419 e. The van der Waals surface area contributed by atoms with Gasteiger partial charge < -0.3 is 9.73 Å². The monoisotopic (exact) mass is 463 g/mol. The minimum atomic E-state index is -4.03. The SMILES string of the molecule is CSCC[C@@H](NS(=O)(=O)c1ccc2c(c1)oc(=O)n2C)C(=O)Nc1cccc(C)c1C. The molecular formula is C21H25N3O5S2. The minimum absolute atomic E-state index is 0.0805. The zero-order chi connectivity index (χ0) is 22.8. The van der Waals surface area contributed by atoms with Gasteiger partial charge >= 0.3 is 5.76 Å². The van der Waals surface area contributed by atoms with E-state index < -0.39 is 27.7 Å². The van der Waals surface area contributed by atoms with Crippen LogP contribution in [0.25, 0.3) is 11.1 Å². The molecule has 1 heterocycles. The van der Waals surface area contributed by atoms with Gasteiger partial charge in [0.1, 0.15) is 6.04 Å². The van der Waals surface area contributed by atoms with E-state index in [2.05, 4.69) is 10.0 Å². The molecule has 8 nitrogen and oxygen atoms in total. The number of aromatic nitrogens is 1. The van der Waals surface area contributed by atoms with Crippen molar-refractivity contribution in [3.8, 4) is 0 Å². The molecule has 2 aromatic carbocycles. The number of carbonyl (C=O) groups is 1. The highest BCUT2D eigenvalue weighted by Gasteiger charge is 2.26. The number of fused-ring (bicyclic) bond motifs is 1. The number of rotatable bonds is 8. The van der Waals surface area contributed by atoms with E-state index in [0.717, 1.165) is 11.1 Å². The molecule has 0 radical (unpaired) electrons. The number of hydrogen-bond acceptors (Lipinski definition) is 6. The highest BCUT2D eigenvalue weighted by molar-refractivity contribution is 7.98. The number of sulfonamides is 1. The first-order valence-electron chi connectivity index (χ1n) is 9.62. The zero-order valence-electron chi connectivity index (χ0n) is 17.8. The molecule has 0 bridgehead atoms. The number of oxazole rings is 1. The number of hydrogen-bond donors (Lipinski definition) is 2. The number of carbonyl (C=O) groups excluding carboxylic acids is 1. The molecule has 0 aliphatic carbocycles. The van der Waals surface area contributed by atoms with Gasteiger partial charge in [-0.3, -0.25) is 9.36 Å². The number of anilines is 1. The van der Waals surface area contributed by atoms with E-state index in [-0.39, 0.29) is 10.5 Å². The summed E-state index contributed by atoms with van der Waals surface area (Å²) in [5.74, 6) is -0.415. The molecule has 0 saturated carbocycles. The molecule has 1 amide bonds. The van der Waals surface area contributed by atoms with E-state index in [9.17, 15) is 18.0 Å². The second-order valence-electron chi connectivity index (χ2n) is 7.25. The first kappa shape index (κ1) is 23.1. The average molecular weight is 464 g/mol. The molecule has 0 saturated heterocycles. The summed E-state index contributed by atoms with van der Waals surface area (Å²) in [6.45, 7) is 3.84. The van der Waals surface area contributed by atoms with Crippen molar-refractivity contribution in [1.82, 2.24) is 9.29 Å². The number of nitrogens with one attached hydrogen (secondary N) is 2. The predicted octanol–water partition coefficient (Wildman–Crippen LogP) is 2.79. The van der Waals surface area contributed by atoms with E-state index >= 15 is 0 Å². The molecule has 0 aliphatic rings. The molecule has 2 N–H and O–H groups in total. The lowest BCUT2D eigenvalue weighted by Crippen LogP contribution is -2.44. The summed E-state index contributed by atoms with van der Waals surface area (Å²) in [5.41, 5.74) is 3.24. The second-order valence-corrected chi connectivity index (χ2v) is 9.95. The van der Waals surface area contributed by atoms with Crippen LogP contribution in [-0.4, -0.2) is 36.9 Å². The molecule has 31 heavy (non-hydrogen) atoms. The van der Waals surface area contributed by atoms with Gasteiger partial charge in [-0.15, -0.1) is 0 Å². The van der Waals surface area contributed by atoms with Gasteiger partial charge in [-0.05, 0) is 61.6 Å². The molecule has 0 spiro atoms. The van der Waals surface area contributed by atoms with Crippen LogP contribution in [-0.2, 0) is 21.9 Å². The molecule has 0 aliphatic heterocycles. The molecule has 10 heteroatoms. The smallest absolute Gasteiger partial charge is 0.408 e. The third-order valence-electron chi connectivity index (χ3n) is 5.16. The Balaban J connectivity index is 1.87. The maximum absolute atomic E-state index is 13.0. The number of amides is 1. The van der Waals surface area contributed by atoms with Crippen LogP contribution >= 0.6 is 11.8 Å². The van der Waals surface area contributed by atoms with Gasteiger partial charge in [-0.2, -0.15) is 16.5 Å². The third-order valence-corrected chi connectivity index (χ3v) is 7.27. The van der Waals surface area contributed by atoms with E-state index in [1.165, 1.54) is 41.6 Å². The van der Waals surface area contributed by atoms with Crippen molar-refractivity contribution in [2.45, 2.75) is 31.2 Å². The third kappa shape index (κ3) is 5.03. The quantitative estimate of drug-likeness (QED) is 0.532. The minimum Gasteiger partial charge on any atom is -0.408 e. The Morgan fingerprint density at radius 1 is 1.23 bits per heavy atom. The zero-order valence-corrected chi connectivity index (χ0v) is 19.4. The highest BCUT2D eigenvalue weighted by Crippen LogP contribution is 2.21. The van der Waals surface area contributed by atoms with E-state index in [4.69, 9.17) is 4.42 Å². The van der Waals surface area contributed by atoms with Crippen LogP contribution in [0, 0.1) is 13.8 Å². The number of thioether (sulfide) groups is 1. The Bertz CT molecular complexity index is 1280. The van der Waals surface area contributed by atoms with Gasteiger partial charge in [0, 0.05) is 18.8 Å². The van der Waals surface area contributed by atoms with Crippen molar-refractivity contribution in [2.24, 2.45) is 7.05 Å². The van der Waals surface area contributed by atoms with Crippen LogP contribution < -0.4 is 15.8 Å². The lowest BCUT2D eigenvalue weighted by molar-refractivity contribution is -0.117. The Morgan fingerprint density at radius 3 is 2.68 bits per heavy atom. The van der Waals surface area contributed by atoms with Crippen LogP contribution in [0.2, 0.25) is 0 Å². The fourth-order valence-corrected chi connectivity index (χ4v) is 4.84. The summed E-state index contributed by atoms with van der Waals surface area (Å²) in [4.78, 5) is 24.5. The number of nitrogens with zero attached hydrogens (tertiary/aromatic N) is 1. The molecule has 1 atom stereocenters. The van der Waals surface area contributed by atoms with Crippen LogP contribution in [0.5, 0.6) is 0 Å². The molecule has 3 rings (SSSR count). The number of benzene rings is 2. The Hall–Kier alpha value is -2.56. The summed E-state index contributed by atoms with van der Waals surface area (Å²) in [7, 11) is -2.49. The van der Waals surface area contributed by atoms with Crippen molar-refractivity contribution in [3.63, 3.8) is 0 Å². The van der Waals surface area contributed by atoms with Crippen LogP contribution in [0.15, 0.2) is 50.5 Å². The summed E-state index contributed by atoms with van der Waals surface area (Å²) in [6.07, 6.45) is 2.21. The Morgan fingerprint density at radius 2 is 1.97 bits per heavy atom. The first-order valence-corrected chi connectivity index (χ1v) is 12.5. The van der Waals surface area contributed by atoms with Crippen molar-refractivity contribution in [3.05, 3.63) is 58.1 Å². The van der Waals surface area contributed by atoms with Crippen molar-refractivity contribution >= 4 is 44.5 Å². The molecule has 1 aromatic heterocycles. The van der Waals surface area contributed by atoms with Gasteiger partial charge in [0.25, 0.3) is 0 Å². The Kier molecular flexibility index (Phi) is 6.93. The maximum atomic E-state index is 13.0. The topological polar surface area (TPSA) is 110 Å². The number of aryl methyl sites for hydroxylation is 2. The van der Waals surface area contributed by atoms with Crippen LogP contribution in [0.1, 0.15) is 17.5 Å². The lowest BCUT2D eigenvalue weighted by Gasteiger charge is -2.19.